The molecule has 1 aromatic heterocycles. The molecule has 0 saturated carbocycles. The van der Waals surface area contributed by atoms with E-state index in [-0.39, 0.29) is 28.2 Å². The minimum atomic E-state index is -0.731. The normalized spacial score (nSPS) is 10.2. The monoisotopic (exact) mass is 308 g/mol. The zero-order chi connectivity index (χ0) is 15.6. The third-order valence-electron chi connectivity index (χ3n) is 2.54. The highest BCUT2D eigenvalue weighted by Gasteiger charge is 2.25. The summed E-state index contributed by atoms with van der Waals surface area (Å²) in [6.45, 7) is 1.40. The summed E-state index contributed by atoms with van der Waals surface area (Å²) in [5.41, 5.74) is 4.90. The number of amides is 1. The molecule has 2 rings (SSSR count). The Morgan fingerprint density at radius 3 is 2.67 bits per heavy atom. The van der Waals surface area contributed by atoms with E-state index in [4.69, 9.17) is 22.1 Å². The maximum absolute atomic E-state index is 11.3. The Morgan fingerprint density at radius 2 is 2.05 bits per heavy atom. The molecule has 0 saturated heterocycles. The molecule has 0 spiro atoms. The van der Waals surface area contributed by atoms with Crippen molar-refractivity contribution in [3.63, 3.8) is 0 Å². The second-order valence-corrected chi connectivity index (χ2v) is 4.29. The van der Waals surface area contributed by atoms with Crippen molar-refractivity contribution in [2.75, 3.05) is 0 Å². The Labute approximate surface area is 123 Å². The first-order valence-electron chi connectivity index (χ1n) is 5.65. The lowest BCUT2D eigenvalue weighted by molar-refractivity contribution is -0.386. The number of para-hydroxylation sites is 1. The second kappa shape index (κ2) is 5.71. The Kier molecular flexibility index (Phi) is 3.99. The van der Waals surface area contributed by atoms with Gasteiger partial charge in [-0.1, -0.05) is 12.1 Å². The first kappa shape index (κ1) is 14.7. The molecule has 0 fully saturated rings. The van der Waals surface area contributed by atoms with Crippen LogP contribution in [0.15, 0.2) is 24.3 Å². The molecule has 21 heavy (non-hydrogen) atoms. The van der Waals surface area contributed by atoms with Crippen LogP contribution in [0.4, 0.5) is 5.69 Å². The zero-order valence-corrected chi connectivity index (χ0v) is 11.5. The molecule has 1 amide bonds. The van der Waals surface area contributed by atoms with E-state index in [2.05, 4.69) is 9.97 Å². The molecular formula is C12H9ClN4O4. The van der Waals surface area contributed by atoms with Crippen LogP contribution in [0.25, 0.3) is 0 Å². The van der Waals surface area contributed by atoms with Crippen molar-refractivity contribution in [1.82, 2.24) is 9.97 Å². The summed E-state index contributed by atoms with van der Waals surface area (Å²) in [4.78, 5) is 29.1. The van der Waals surface area contributed by atoms with Gasteiger partial charge in [0.15, 0.2) is 0 Å². The van der Waals surface area contributed by atoms with E-state index >= 15 is 0 Å². The number of nitrogens with zero attached hydrogens (tertiary/aromatic N) is 3. The number of hydrogen-bond acceptors (Lipinski definition) is 6. The fourth-order valence-corrected chi connectivity index (χ4v) is 1.86. The molecule has 9 heteroatoms. The van der Waals surface area contributed by atoms with E-state index in [9.17, 15) is 14.9 Å². The third kappa shape index (κ3) is 3.06. The molecule has 8 nitrogen and oxygen atoms in total. The standard InChI is InChI=1S/C12H9ClN4O4/c1-6-9(17(19)20)11(16-12(13)15-6)21-8-5-3-2-4-7(8)10(14)18/h2-5H,1H3,(H2,14,18). The summed E-state index contributed by atoms with van der Waals surface area (Å²) in [7, 11) is 0. The minimum absolute atomic E-state index is 0.0438. The molecule has 0 aliphatic rings. The molecule has 0 bridgehead atoms. The second-order valence-electron chi connectivity index (χ2n) is 3.95. The lowest BCUT2D eigenvalue weighted by Crippen LogP contribution is -2.12. The van der Waals surface area contributed by atoms with E-state index in [1.165, 1.54) is 19.1 Å². The highest BCUT2D eigenvalue weighted by Crippen LogP contribution is 2.33. The van der Waals surface area contributed by atoms with Crippen molar-refractivity contribution in [2.24, 2.45) is 5.73 Å². The van der Waals surface area contributed by atoms with Gasteiger partial charge >= 0.3 is 11.6 Å². The molecule has 2 N–H and O–H groups in total. The Bertz CT molecular complexity index is 735. The molecule has 0 aliphatic carbocycles. The summed E-state index contributed by atoms with van der Waals surface area (Å²) >= 11 is 5.68. The quantitative estimate of drug-likeness (QED) is 0.525. The van der Waals surface area contributed by atoms with Crippen molar-refractivity contribution in [1.29, 1.82) is 0 Å². The fourth-order valence-electron chi connectivity index (χ4n) is 1.65. The van der Waals surface area contributed by atoms with Crippen LogP contribution in [0, 0.1) is 17.0 Å². The number of rotatable bonds is 4. The van der Waals surface area contributed by atoms with Crippen molar-refractivity contribution in [3.8, 4) is 11.6 Å². The summed E-state index contributed by atoms with van der Waals surface area (Å²) in [6, 6.07) is 6.04. The Balaban J connectivity index is 2.54. The van der Waals surface area contributed by atoms with E-state index in [1.54, 1.807) is 12.1 Å². The van der Waals surface area contributed by atoms with Crippen LogP contribution in [0.5, 0.6) is 11.6 Å². The number of carbonyl (C=O) groups excluding carboxylic acids is 1. The first-order valence-corrected chi connectivity index (χ1v) is 6.03. The van der Waals surface area contributed by atoms with Crippen molar-refractivity contribution >= 4 is 23.2 Å². The van der Waals surface area contributed by atoms with Gasteiger partial charge in [0.05, 0.1) is 10.5 Å². The number of hydrogen-bond donors (Lipinski definition) is 1. The van der Waals surface area contributed by atoms with Crippen LogP contribution < -0.4 is 10.5 Å². The van der Waals surface area contributed by atoms with Gasteiger partial charge in [-0.05, 0) is 30.7 Å². The van der Waals surface area contributed by atoms with Crippen LogP contribution >= 0.6 is 11.6 Å². The molecule has 1 heterocycles. The van der Waals surface area contributed by atoms with Crippen LogP contribution in [0.2, 0.25) is 5.28 Å². The van der Waals surface area contributed by atoms with Gasteiger partial charge in [0.25, 0.3) is 5.91 Å². The predicted molar refractivity (Wildman–Crippen MR) is 73.5 cm³/mol. The predicted octanol–water partition coefficient (Wildman–Crippen LogP) is 2.24. The lowest BCUT2D eigenvalue weighted by atomic mass is 10.2. The number of aryl methyl sites for hydroxylation is 1. The first-order chi connectivity index (χ1) is 9.90. The van der Waals surface area contributed by atoms with Crippen molar-refractivity contribution in [2.45, 2.75) is 6.92 Å². The van der Waals surface area contributed by atoms with Gasteiger partial charge in [-0.25, -0.2) is 4.98 Å². The van der Waals surface area contributed by atoms with Gasteiger partial charge in [-0.15, -0.1) is 0 Å². The number of halogens is 1. The number of primary amides is 1. The highest BCUT2D eigenvalue weighted by molar-refractivity contribution is 6.28. The number of nitro groups is 1. The molecule has 2 aromatic rings. The minimum Gasteiger partial charge on any atom is -0.433 e. The average Bonchev–Trinajstić information content (AvgIpc) is 2.37. The van der Waals surface area contributed by atoms with Crippen LogP contribution in [-0.4, -0.2) is 20.8 Å². The summed E-state index contributed by atoms with van der Waals surface area (Å²) < 4.78 is 5.35. The molecule has 0 aliphatic heterocycles. The van der Waals surface area contributed by atoms with E-state index < -0.39 is 16.5 Å². The van der Waals surface area contributed by atoms with Gasteiger partial charge in [0.2, 0.25) is 5.28 Å². The van der Waals surface area contributed by atoms with Gasteiger partial charge in [-0.3, -0.25) is 14.9 Å². The number of ether oxygens (including phenoxy) is 1. The van der Waals surface area contributed by atoms with E-state index in [0.29, 0.717) is 0 Å². The molecule has 1 aromatic carbocycles. The van der Waals surface area contributed by atoms with Gasteiger partial charge < -0.3 is 10.5 Å². The van der Waals surface area contributed by atoms with Gasteiger partial charge in [0, 0.05) is 0 Å². The fraction of sp³-hybridized carbons (Fsp3) is 0.0833. The third-order valence-corrected chi connectivity index (χ3v) is 2.71. The van der Waals surface area contributed by atoms with Crippen LogP contribution in [0.3, 0.4) is 0 Å². The average molecular weight is 309 g/mol. The van der Waals surface area contributed by atoms with Crippen molar-refractivity contribution in [3.05, 3.63) is 50.9 Å². The summed E-state index contributed by atoms with van der Waals surface area (Å²) in [5.74, 6) is -1.04. The van der Waals surface area contributed by atoms with E-state index in [0.717, 1.165) is 0 Å². The smallest absolute Gasteiger partial charge is 0.352 e. The Morgan fingerprint density at radius 1 is 1.38 bits per heavy atom. The molecule has 0 unspecified atom stereocenters. The maximum atomic E-state index is 11.3. The number of carbonyl (C=O) groups is 1. The molecule has 0 atom stereocenters. The van der Waals surface area contributed by atoms with Crippen molar-refractivity contribution < 1.29 is 14.5 Å². The van der Waals surface area contributed by atoms with Gasteiger partial charge in [0.1, 0.15) is 11.4 Å². The van der Waals surface area contributed by atoms with Crippen LogP contribution in [0.1, 0.15) is 16.1 Å². The largest absolute Gasteiger partial charge is 0.433 e. The molecular weight excluding hydrogens is 300 g/mol. The number of nitrogens with two attached hydrogens (primary N) is 1. The lowest BCUT2D eigenvalue weighted by Gasteiger charge is -2.09. The van der Waals surface area contributed by atoms with E-state index in [1.807, 2.05) is 0 Å². The van der Waals surface area contributed by atoms with Gasteiger partial charge in [-0.2, -0.15) is 4.98 Å². The highest BCUT2D eigenvalue weighted by atomic mass is 35.5. The summed E-state index contributed by atoms with van der Waals surface area (Å²) in [5, 5.41) is 10.9. The summed E-state index contributed by atoms with van der Waals surface area (Å²) in [6.07, 6.45) is 0. The molecule has 108 valence electrons. The van der Waals surface area contributed by atoms with Crippen LogP contribution in [-0.2, 0) is 0 Å². The SMILES string of the molecule is Cc1nc(Cl)nc(Oc2ccccc2C(N)=O)c1[N+](=O)[O-]. The number of aromatic nitrogens is 2. The Hall–Kier alpha value is -2.74. The molecule has 0 radical (unpaired) electrons. The zero-order valence-electron chi connectivity index (χ0n) is 10.7. The maximum Gasteiger partial charge on any atom is 0.352 e. The number of benzene rings is 1. The topological polar surface area (TPSA) is 121 Å².